The van der Waals surface area contributed by atoms with Crippen molar-refractivity contribution in [3.63, 3.8) is 0 Å². The van der Waals surface area contributed by atoms with Gasteiger partial charge in [0.25, 0.3) is 0 Å². The van der Waals surface area contributed by atoms with Gasteiger partial charge in [0.2, 0.25) is 5.91 Å². The third kappa shape index (κ3) is 2.95. The molecule has 0 atom stereocenters. The van der Waals surface area contributed by atoms with Gasteiger partial charge in [-0.25, -0.2) is 9.97 Å². The Morgan fingerprint density at radius 2 is 2.14 bits per heavy atom. The van der Waals surface area contributed by atoms with Crippen LogP contribution in [0.5, 0.6) is 0 Å². The standard InChI is InChI=1S/C15H16N4OS2/c1-9-6-12(13-8-22-11(3)17-13)10(2)19(9)7-14(20)18-15-16-4-5-21-15/h4-6,8H,7H2,1-3H3,(H,16,18,20). The van der Waals surface area contributed by atoms with Crippen LogP contribution in [-0.4, -0.2) is 20.4 Å². The predicted octanol–water partition coefficient (Wildman–Crippen LogP) is 3.63. The van der Waals surface area contributed by atoms with Gasteiger partial charge >= 0.3 is 0 Å². The maximum Gasteiger partial charge on any atom is 0.246 e. The summed E-state index contributed by atoms with van der Waals surface area (Å²) in [5.41, 5.74) is 4.16. The van der Waals surface area contributed by atoms with Crippen molar-refractivity contribution in [2.75, 3.05) is 5.32 Å². The van der Waals surface area contributed by atoms with Gasteiger partial charge in [0, 0.05) is 33.9 Å². The number of anilines is 1. The normalized spacial score (nSPS) is 10.9. The molecular weight excluding hydrogens is 316 g/mol. The van der Waals surface area contributed by atoms with Gasteiger partial charge in [0.15, 0.2) is 5.13 Å². The second-order valence-electron chi connectivity index (χ2n) is 5.01. The summed E-state index contributed by atoms with van der Waals surface area (Å²) in [6.45, 7) is 6.30. The Morgan fingerprint density at radius 1 is 1.32 bits per heavy atom. The van der Waals surface area contributed by atoms with Gasteiger partial charge in [-0.2, -0.15) is 0 Å². The maximum atomic E-state index is 12.2. The quantitative estimate of drug-likeness (QED) is 0.793. The van der Waals surface area contributed by atoms with E-state index in [-0.39, 0.29) is 12.5 Å². The number of thiazole rings is 2. The second-order valence-corrected chi connectivity index (χ2v) is 6.96. The van der Waals surface area contributed by atoms with Crippen LogP contribution in [0.1, 0.15) is 16.4 Å². The van der Waals surface area contributed by atoms with Crippen LogP contribution in [0.25, 0.3) is 11.3 Å². The molecule has 22 heavy (non-hydrogen) atoms. The van der Waals surface area contributed by atoms with Crippen LogP contribution in [0, 0.1) is 20.8 Å². The highest BCUT2D eigenvalue weighted by molar-refractivity contribution is 7.13. The van der Waals surface area contributed by atoms with Crippen molar-refractivity contribution in [3.8, 4) is 11.3 Å². The van der Waals surface area contributed by atoms with E-state index in [1.54, 1.807) is 17.5 Å². The summed E-state index contributed by atoms with van der Waals surface area (Å²) >= 11 is 3.05. The Kier molecular flexibility index (Phi) is 4.08. The van der Waals surface area contributed by atoms with Crippen molar-refractivity contribution in [3.05, 3.63) is 39.4 Å². The molecule has 114 valence electrons. The molecule has 0 fully saturated rings. The van der Waals surface area contributed by atoms with Crippen LogP contribution in [0.4, 0.5) is 5.13 Å². The van der Waals surface area contributed by atoms with Crippen LogP contribution in [0.2, 0.25) is 0 Å². The lowest BCUT2D eigenvalue weighted by Gasteiger charge is -2.09. The highest BCUT2D eigenvalue weighted by Gasteiger charge is 2.15. The molecule has 0 aliphatic rings. The summed E-state index contributed by atoms with van der Waals surface area (Å²) in [7, 11) is 0. The van der Waals surface area contributed by atoms with Gasteiger partial charge in [-0.05, 0) is 26.8 Å². The molecular formula is C15H16N4OS2. The van der Waals surface area contributed by atoms with Crippen molar-refractivity contribution in [1.82, 2.24) is 14.5 Å². The Labute approximate surface area is 136 Å². The number of aryl methyl sites for hydroxylation is 2. The predicted molar refractivity (Wildman–Crippen MR) is 90.5 cm³/mol. The number of hydrogen-bond acceptors (Lipinski definition) is 5. The first-order valence-corrected chi connectivity index (χ1v) is 8.59. The van der Waals surface area contributed by atoms with E-state index in [0.29, 0.717) is 5.13 Å². The van der Waals surface area contributed by atoms with Crippen LogP contribution < -0.4 is 5.32 Å². The Bertz CT molecular complexity index is 802. The van der Waals surface area contributed by atoms with Crippen LogP contribution >= 0.6 is 22.7 Å². The van der Waals surface area contributed by atoms with Gasteiger partial charge in [-0.3, -0.25) is 4.79 Å². The van der Waals surface area contributed by atoms with Crippen molar-refractivity contribution in [1.29, 1.82) is 0 Å². The number of carbonyl (C=O) groups excluding carboxylic acids is 1. The fourth-order valence-corrected chi connectivity index (χ4v) is 3.54. The average Bonchev–Trinajstić information content (AvgIpc) is 3.17. The Hall–Kier alpha value is -1.99. The molecule has 0 spiro atoms. The minimum Gasteiger partial charge on any atom is -0.339 e. The van der Waals surface area contributed by atoms with Gasteiger partial charge in [-0.15, -0.1) is 22.7 Å². The first-order chi connectivity index (χ1) is 10.5. The number of carbonyl (C=O) groups is 1. The number of rotatable bonds is 4. The molecule has 1 amide bonds. The topological polar surface area (TPSA) is 59.8 Å². The van der Waals surface area contributed by atoms with Crippen molar-refractivity contribution < 1.29 is 4.79 Å². The van der Waals surface area contributed by atoms with Gasteiger partial charge in [0.1, 0.15) is 6.54 Å². The summed E-state index contributed by atoms with van der Waals surface area (Å²) in [4.78, 5) is 20.8. The number of aromatic nitrogens is 3. The van der Waals surface area contributed by atoms with Gasteiger partial charge in [0.05, 0.1) is 10.7 Å². The van der Waals surface area contributed by atoms with E-state index < -0.39 is 0 Å². The van der Waals surface area contributed by atoms with Crippen molar-refractivity contribution in [2.45, 2.75) is 27.3 Å². The molecule has 7 heteroatoms. The molecule has 5 nitrogen and oxygen atoms in total. The molecule has 0 aromatic carbocycles. The lowest BCUT2D eigenvalue weighted by molar-refractivity contribution is -0.116. The fraction of sp³-hybridized carbons (Fsp3) is 0.267. The molecule has 1 N–H and O–H groups in total. The average molecular weight is 332 g/mol. The van der Waals surface area contributed by atoms with Crippen LogP contribution in [0.3, 0.4) is 0 Å². The van der Waals surface area contributed by atoms with E-state index in [2.05, 4.69) is 26.7 Å². The minimum absolute atomic E-state index is 0.0715. The molecule has 3 aromatic rings. The van der Waals surface area contributed by atoms with E-state index in [1.807, 2.05) is 30.7 Å². The van der Waals surface area contributed by atoms with Gasteiger partial charge in [-0.1, -0.05) is 0 Å². The number of nitrogens with one attached hydrogen (secondary N) is 1. The van der Waals surface area contributed by atoms with Crippen LogP contribution in [0.15, 0.2) is 23.0 Å². The molecule has 0 aliphatic carbocycles. The van der Waals surface area contributed by atoms with E-state index >= 15 is 0 Å². The van der Waals surface area contributed by atoms with E-state index in [0.717, 1.165) is 27.7 Å². The van der Waals surface area contributed by atoms with Crippen molar-refractivity contribution in [2.24, 2.45) is 0 Å². The lowest BCUT2D eigenvalue weighted by atomic mass is 10.2. The number of amides is 1. The third-order valence-electron chi connectivity index (χ3n) is 3.45. The highest BCUT2D eigenvalue weighted by atomic mass is 32.1. The number of nitrogens with zero attached hydrogens (tertiary/aromatic N) is 3. The molecule has 0 saturated heterocycles. The molecule has 3 aromatic heterocycles. The zero-order valence-electron chi connectivity index (χ0n) is 12.6. The van der Waals surface area contributed by atoms with E-state index in [1.165, 1.54) is 11.3 Å². The molecule has 0 aliphatic heterocycles. The fourth-order valence-electron chi connectivity index (χ4n) is 2.38. The minimum atomic E-state index is -0.0715. The summed E-state index contributed by atoms with van der Waals surface area (Å²) in [5, 5.41) is 8.37. The van der Waals surface area contributed by atoms with E-state index in [9.17, 15) is 4.79 Å². The zero-order chi connectivity index (χ0) is 15.7. The summed E-state index contributed by atoms with van der Waals surface area (Å²) in [6, 6.07) is 2.08. The molecule has 3 rings (SSSR count). The maximum absolute atomic E-state index is 12.2. The largest absolute Gasteiger partial charge is 0.339 e. The van der Waals surface area contributed by atoms with Gasteiger partial charge < -0.3 is 9.88 Å². The monoisotopic (exact) mass is 332 g/mol. The summed E-state index contributed by atoms with van der Waals surface area (Å²) in [5.74, 6) is -0.0715. The van der Waals surface area contributed by atoms with Crippen LogP contribution in [-0.2, 0) is 11.3 Å². The SMILES string of the molecule is Cc1nc(-c2cc(C)n(CC(=O)Nc3nccs3)c2C)cs1. The molecule has 0 saturated carbocycles. The smallest absolute Gasteiger partial charge is 0.246 e. The molecule has 0 bridgehead atoms. The first-order valence-electron chi connectivity index (χ1n) is 6.83. The van der Waals surface area contributed by atoms with Crippen molar-refractivity contribution >= 4 is 33.7 Å². The Balaban J connectivity index is 1.82. The summed E-state index contributed by atoms with van der Waals surface area (Å²) < 4.78 is 2.01. The third-order valence-corrected chi connectivity index (χ3v) is 4.91. The first kappa shape index (κ1) is 14.9. The number of hydrogen-bond donors (Lipinski definition) is 1. The molecule has 3 heterocycles. The lowest BCUT2D eigenvalue weighted by Crippen LogP contribution is -2.20. The Morgan fingerprint density at radius 3 is 2.77 bits per heavy atom. The highest BCUT2D eigenvalue weighted by Crippen LogP contribution is 2.28. The second kappa shape index (κ2) is 6.02. The zero-order valence-corrected chi connectivity index (χ0v) is 14.2. The molecule has 0 unspecified atom stereocenters. The van der Waals surface area contributed by atoms with E-state index in [4.69, 9.17) is 0 Å². The molecule has 0 radical (unpaired) electrons. The summed E-state index contributed by atoms with van der Waals surface area (Å²) in [6.07, 6.45) is 1.68.